The van der Waals surface area contributed by atoms with Gasteiger partial charge in [0.1, 0.15) is 0 Å². The third kappa shape index (κ3) is 3.73. The summed E-state index contributed by atoms with van der Waals surface area (Å²) < 4.78 is 0. The van der Waals surface area contributed by atoms with Crippen molar-refractivity contribution in [3.05, 3.63) is 105 Å². The van der Waals surface area contributed by atoms with Gasteiger partial charge in [0, 0.05) is 24.3 Å². The van der Waals surface area contributed by atoms with Crippen LogP contribution < -0.4 is 15.9 Å². The number of para-hydroxylation sites is 2. The Bertz CT molecular complexity index is 1060. The molecule has 0 saturated carbocycles. The molecule has 1 aliphatic heterocycles. The lowest BCUT2D eigenvalue weighted by Gasteiger charge is -2.32. The number of fused-ring (bicyclic) bond motifs is 1. The van der Waals surface area contributed by atoms with E-state index in [0.717, 1.165) is 28.2 Å². The first kappa shape index (κ1) is 19.6. The average Bonchev–Trinajstić information content (AvgIpc) is 2.90. The third-order valence-electron chi connectivity index (χ3n) is 5.31. The molecule has 2 aromatic carbocycles. The average molecular weight is 404 g/mol. The Hall–Kier alpha value is -3.75. The zero-order valence-corrected chi connectivity index (χ0v) is 16.2. The van der Waals surface area contributed by atoms with Crippen LogP contribution in [0, 0.1) is 15.6 Å². The Morgan fingerprint density at radius 3 is 2.20 bits per heavy atom. The van der Waals surface area contributed by atoms with E-state index in [1.54, 1.807) is 36.4 Å². The Morgan fingerprint density at radius 1 is 0.967 bits per heavy atom. The van der Waals surface area contributed by atoms with Crippen molar-refractivity contribution in [3.63, 3.8) is 0 Å². The summed E-state index contributed by atoms with van der Waals surface area (Å²) in [5, 5.41) is 49.1. The van der Waals surface area contributed by atoms with Gasteiger partial charge >= 0.3 is 0 Å². The summed E-state index contributed by atoms with van der Waals surface area (Å²) in [6, 6.07) is 14.5. The van der Waals surface area contributed by atoms with Crippen LogP contribution in [0.15, 0.2) is 84.1 Å². The van der Waals surface area contributed by atoms with E-state index < -0.39 is 10.4 Å². The zero-order valence-electron chi connectivity index (χ0n) is 16.2. The van der Waals surface area contributed by atoms with Crippen molar-refractivity contribution in [2.24, 2.45) is 0 Å². The van der Waals surface area contributed by atoms with Crippen molar-refractivity contribution in [1.82, 2.24) is 0 Å². The van der Waals surface area contributed by atoms with Crippen molar-refractivity contribution in [1.29, 1.82) is 0 Å². The molecule has 0 bridgehead atoms. The number of hydrogen-bond acceptors (Lipinski definition) is 7. The molecule has 0 saturated heterocycles. The molecule has 2 aliphatic rings. The standard InChI is InChI=1S/C22H20N4O4/c1-22(16-8-12-18(13-9-16)26(29)30)14-21(15-6-10-17(11-7-15)25(27)28)23-19-4-2-3-5-20(19)24-22/h2-13,23-24,29H,14H2,1H3/q-2. The maximum Gasteiger partial charge on any atom is 0.222 e. The summed E-state index contributed by atoms with van der Waals surface area (Å²) in [6.45, 7) is 2.05. The Morgan fingerprint density at radius 2 is 1.60 bits per heavy atom. The van der Waals surface area contributed by atoms with E-state index in [2.05, 4.69) is 10.6 Å². The van der Waals surface area contributed by atoms with Crippen LogP contribution in [0.1, 0.15) is 18.9 Å². The molecule has 0 spiro atoms. The van der Waals surface area contributed by atoms with Crippen molar-refractivity contribution in [2.75, 3.05) is 15.9 Å². The molecular formula is C22H20N4O4-2. The van der Waals surface area contributed by atoms with Gasteiger partial charge in [0.25, 0.3) is 0 Å². The van der Waals surface area contributed by atoms with Gasteiger partial charge in [-0.05, 0) is 54.5 Å². The van der Waals surface area contributed by atoms with Gasteiger partial charge in [-0.2, -0.15) is 4.90 Å². The second-order valence-electron chi connectivity index (χ2n) is 7.41. The number of benzene rings is 2. The van der Waals surface area contributed by atoms with Crippen molar-refractivity contribution >= 4 is 22.8 Å². The normalized spacial score (nSPS) is 20.2. The molecule has 2 aromatic rings. The van der Waals surface area contributed by atoms with Crippen LogP contribution in [0.25, 0.3) is 0 Å². The Kier molecular flexibility index (Phi) is 4.94. The molecule has 0 fully saturated rings. The maximum atomic E-state index is 11.1. The van der Waals surface area contributed by atoms with E-state index in [0.29, 0.717) is 6.42 Å². The lowest BCUT2D eigenvalue weighted by Crippen LogP contribution is -2.32. The first-order valence-electron chi connectivity index (χ1n) is 9.37. The van der Waals surface area contributed by atoms with Gasteiger partial charge in [-0.15, -0.1) is 0 Å². The molecule has 8 heteroatoms. The van der Waals surface area contributed by atoms with E-state index in [1.165, 1.54) is 12.2 Å². The quantitative estimate of drug-likeness (QED) is 0.503. The van der Waals surface area contributed by atoms with Crippen LogP contribution in [-0.2, 0) is 5.54 Å². The highest BCUT2D eigenvalue weighted by Gasteiger charge is 2.32. The lowest BCUT2D eigenvalue weighted by molar-refractivity contribution is -0.377. The second-order valence-corrected chi connectivity index (χ2v) is 7.41. The number of nitrogens with one attached hydrogen (secondary N) is 2. The van der Waals surface area contributed by atoms with Crippen LogP contribution in [0.4, 0.5) is 17.1 Å². The van der Waals surface area contributed by atoms with E-state index >= 15 is 0 Å². The largest absolute Gasteiger partial charge is 0.733 e. The Labute approximate surface area is 173 Å². The fourth-order valence-corrected chi connectivity index (χ4v) is 3.69. The number of anilines is 3. The predicted molar refractivity (Wildman–Crippen MR) is 117 cm³/mol. The van der Waals surface area contributed by atoms with E-state index in [4.69, 9.17) is 5.21 Å². The zero-order chi connectivity index (χ0) is 21.3. The highest BCUT2D eigenvalue weighted by atomic mass is 16.8. The van der Waals surface area contributed by atoms with E-state index in [9.17, 15) is 15.6 Å². The lowest BCUT2D eigenvalue weighted by atomic mass is 9.85. The smallest absolute Gasteiger partial charge is 0.222 e. The molecule has 4 rings (SSSR count). The van der Waals surface area contributed by atoms with E-state index in [-0.39, 0.29) is 16.6 Å². The number of nitrogens with zero attached hydrogens (tertiary/aromatic N) is 2. The molecule has 1 unspecified atom stereocenters. The van der Waals surface area contributed by atoms with Crippen molar-refractivity contribution in [3.8, 4) is 0 Å². The molecule has 1 heterocycles. The van der Waals surface area contributed by atoms with Crippen LogP contribution >= 0.6 is 0 Å². The van der Waals surface area contributed by atoms with Crippen LogP contribution in [-0.4, -0.2) is 15.8 Å². The first-order chi connectivity index (χ1) is 14.4. The molecule has 30 heavy (non-hydrogen) atoms. The summed E-state index contributed by atoms with van der Waals surface area (Å²) in [4.78, 5) is -0.419. The summed E-state index contributed by atoms with van der Waals surface area (Å²) in [7, 11) is 0. The van der Waals surface area contributed by atoms with Gasteiger partial charge in [-0.3, -0.25) is 5.21 Å². The number of hydrogen-bond donors (Lipinski definition) is 3. The topological polar surface area (TPSA) is 120 Å². The van der Waals surface area contributed by atoms with Gasteiger partial charge in [0.2, 0.25) is 5.71 Å². The maximum absolute atomic E-state index is 11.1. The molecule has 3 N–H and O–H groups in total. The molecule has 154 valence electrons. The first-order valence-corrected chi connectivity index (χ1v) is 9.37. The molecule has 1 atom stereocenters. The van der Waals surface area contributed by atoms with Gasteiger partial charge in [-0.25, -0.2) is 0 Å². The van der Waals surface area contributed by atoms with Crippen molar-refractivity contribution < 1.29 is 10.1 Å². The summed E-state index contributed by atoms with van der Waals surface area (Å²) >= 11 is 0. The minimum Gasteiger partial charge on any atom is -0.733 e. The summed E-state index contributed by atoms with van der Waals surface area (Å²) in [5.74, 6) is 0. The highest BCUT2D eigenvalue weighted by Crippen LogP contribution is 2.40. The molecule has 0 amide bonds. The van der Waals surface area contributed by atoms with Gasteiger partial charge < -0.3 is 31.5 Å². The fraction of sp³-hybridized carbons (Fsp3) is 0.136. The number of rotatable bonds is 2. The van der Waals surface area contributed by atoms with Crippen LogP contribution in [0.3, 0.4) is 0 Å². The minimum absolute atomic E-state index is 0.0380. The highest BCUT2D eigenvalue weighted by molar-refractivity contribution is 6.02. The predicted octanol–water partition coefficient (Wildman–Crippen LogP) is 4.35. The van der Waals surface area contributed by atoms with Crippen LogP contribution in [0.5, 0.6) is 0 Å². The van der Waals surface area contributed by atoms with Crippen molar-refractivity contribution in [2.45, 2.75) is 18.9 Å². The molecule has 8 nitrogen and oxygen atoms in total. The Balaban J connectivity index is 1.79. The minimum atomic E-state index is -0.543. The van der Waals surface area contributed by atoms with Crippen LogP contribution in [0.2, 0.25) is 0 Å². The molecule has 0 radical (unpaired) electrons. The molecule has 1 aliphatic carbocycles. The van der Waals surface area contributed by atoms with Gasteiger partial charge in [0.05, 0.1) is 22.6 Å². The third-order valence-corrected chi connectivity index (χ3v) is 5.31. The molecular weight excluding hydrogens is 384 g/mol. The summed E-state index contributed by atoms with van der Waals surface area (Å²) in [5.41, 5.74) is 4.12. The van der Waals surface area contributed by atoms with E-state index in [1.807, 2.05) is 31.2 Å². The fourth-order valence-electron chi connectivity index (χ4n) is 3.69. The summed E-state index contributed by atoms with van der Waals surface area (Å²) in [6.07, 6.45) is 7.01. The second kappa shape index (κ2) is 7.58. The monoisotopic (exact) mass is 404 g/mol. The SMILES string of the molecule is CC1(c2ccc(N([O-])O)cc2)CC(=C2C=CC(=[N+]([O-])[O-])C=C2)Nc2ccccc2N1. The van der Waals surface area contributed by atoms with Gasteiger partial charge in [0.15, 0.2) is 0 Å². The molecule has 0 aromatic heterocycles. The van der Waals surface area contributed by atoms with Gasteiger partial charge in [-0.1, -0.05) is 24.3 Å². The number of allylic oxidation sites excluding steroid dienone is 5.